The molecule has 2 amide bonds. The number of hydrogen-bond acceptors (Lipinski definition) is 3. The third kappa shape index (κ3) is 4.70. The van der Waals surface area contributed by atoms with Crippen molar-refractivity contribution in [3.63, 3.8) is 0 Å². The number of carbonyl (C=O) groups is 2. The first-order valence-electron chi connectivity index (χ1n) is 6.91. The van der Waals surface area contributed by atoms with E-state index in [2.05, 4.69) is 6.92 Å². The van der Waals surface area contributed by atoms with Gasteiger partial charge in [0.1, 0.15) is 0 Å². The number of carbonyl (C=O) groups excluding carboxylic acids is 1. The molecule has 19 heavy (non-hydrogen) atoms. The van der Waals surface area contributed by atoms with Crippen molar-refractivity contribution in [3.8, 4) is 0 Å². The summed E-state index contributed by atoms with van der Waals surface area (Å²) in [5, 5.41) is 8.80. The third-order valence-corrected chi connectivity index (χ3v) is 3.77. The molecular formula is C13H25N3O3. The van der Waals surface area contributed by atoms with Gasteiger partial charge < -0.3 is 14.9 Å². The van der Waals surface area contributed by atoms with E-state index in [1.165, 1.54) is 0 Å². The second-order valence-electron chi connectivity index (χ2n) is 5.16. The normalized spacial score (nSPS) is 18.8. The molecule has 0 radical (unpaired) electrons. The van der Waals surface area contributed by atoms with Crippen molar-refractivity contribution in [2.75, 3.05) is 39.8 Å². The molecule has 1 saturated heterocycles. The van der Waals surface area contributed by atoms with Crippen LogP contribution in [0.5, 0.6) is 0 Å². The zero-order valence-corrected chi connectivity index (χ0v) is 12.1. The van der Waals surface area contributed by atoms with Gasteiger partial charge in [0.15, 0.2) is 0 Å². The zero-order chi connectivity index (χ0) is 14.4. The van der Waals surface area contributed by atoms with Gasteiger partial charge in [0.2, 0.25) is 0 Å². The zero-order valence-electron chi connectivity index (χ0n) is 12.1. The lowest BCUT2D eigenvalue weighted by molar-refractivity contribution is -0.138. The summed E-state index contributed by atoms with van der Waals surface area (Å²) in [5.41, 5.74) is 0. The van der Waals surface area contributed by atoms with E-state index in [1.807, 2.05) is 23.8 Å². The highest BCUT2D eigenvalue weighted by Gasteiger charge is 2.24. The van der Waals surface area contributed by atoms with Crippen LogP contribution in [0.3, 0.4) is 0 Å². The molecule has 0 aromatic rings. The van der Waals surface area contributed by atoms with E-state index in [-0.39, 0.29) is 18.6 Å². The second-order valence-corrected chi connectivity index (χ2v) is 5.16. The average Bonchev–Trinajstić information content (AvgIpc) is 2.61. The van der Waals surface area contributed by atoms with E-state index in [0.29, 0.717) is 19.6 Å². The Hall–Kier alpha value is -1.30. The first-order chi connectivity index (χ1) is 8.95. The van der Waals surface area contributed by atoms with E-state index < -0.39 is 5.97 Å². The fraction of sp³-hybridized carbons (Fsp3) is 0.846. The van der Waals surface area contributed by atoms with Crippen molar-refractivity contribution in [2.24, 2.45) is 0 Å². The SMILES string of the molecule is CCC(C)N(C)C(=O)N1CCCN(CC(=O)O)CC1. The minimum atomic E-state index is -0.809. The summed E-state index contributed by atoms with van der Waals surface area (Å²) in [6.07, 6.45) is 1.76. The highest BCUT2D eigenvalue weighted by atomic mass is 16.4. The lowest BCUT2D eigenvalue weighted by atomic mass is 10.2. The Bertz CT molecular complexity index is 322. The summed E-state index contributed by atoms with van der Waals surface area (Å²) >= 11 is 0. The molecule has 1 aliphatic heterocycles. The van der Waals surface area contributed by atoms with Crippen LogP contribution in [-0.2, 0) is 4.79 Å². The largest absolute Gasteiger partial charge is 0.480 e. The van der Waals surface area contributed by atoms with Crippen molar-refractivity contribution >= 4 is 12.0 Å². The molecule has 1 rings (SSSR count). The second kappa shape index (κ2) is 7.33. The molecule has 1 atom stereocenters. The Morgan fingerprint density at radius 2 is 1.95 bits per heavy atom. The van der Waals surface area contributed by atoms with Crippen LogP contribution in [0.2, 0.25) is 0 Å². The molecule has 110 valence electrons. The lowest BCUT2D eigenvalue weighted by Crippen LogP contribution is -2.46. The van der Waals surface area contributed by atoms with Crippen LogP contribution in [0.4, 0.5) is 4.79 Å². The maximum absolute atomic E-state index is 12.3. The molecule has 0 aromatic heterocycles. The minimum absolute atomic E-state index is 0.0477. The van der Waals surface area contributed by atoms with Gasteiger partial charge in [-0.2, -0.15) is 0 Å². The number of carboxylic acids is 1. The van der Waals surface area contributed by atoms with Crippen LogP contribution < -0.4 is 0 Å². The number of carboxylic acid groups (broad SMARTS) is 1. The quantitative estimate of drug-likeness (QED) is 0.826. The van der Waals surface area contributed by atoms with E-state index in [1.54, 1.807) is 4.90 Å². The smallest absolute Gasteiger partial charge is 0.320 e. The molecule has 0 aliphatic carbocycles. The maximum Gasteiger partial charge on any atom is 0.320 e. The Morgan fingerprint density at radius 1 is 1.26 bits per heavy atom. The van der Waals surface area contributed by atoms with Crippen molar-refractivity contribution in [1.29, 1.82) is 0 Å². The number of hydrogen-bond donors (Lipinski definition) is 1. The van der Waals surface area contributed by atoms with Gasteiger partial charge in [-0.05, 0) is 19.8 Å². The van der Waals surface area contributed by atoms with Crippen molar-refractivity contribution < 1.29 is 14.7 Å². The van der Waals surface area contributed by atoms with Crippen molar-refractivity contribution in [2.45, 2.75) is 32.7 Å². The molecule has 1 heterocycles. The molecule has 1 unspecified atom stereocenters. The summed E-state index contributed by atoms with van der Waals surface area (Å²) < 4.78 is 0. The third-order valence-electron chi connectivity index (χ3n) is 3.77. The summed E-state index contributed by atoms with van der Waals surface area (Å²) in [6.45, 7) is 6.83. The first kappa shape index (κ1) is 15.8. The van der Waals surface area contributed by atoms with Crippen LogP contribution in [0.15, 0.2) is 0 Å². The minimum Gasteiger partial charge on any atom is -0.480 e. The van der Waals surface area contributed by atoms with Gasteiger partial charge >= 0.3 is 12.0 Å². The predicted molar refractivity (Wildman–Crippen MR) is 73.2 cm³/mol. The number of nitrogens with zero attached hydrogens (tertiary/aromatic N) is 3. The molecule has 0 bridgehead atoms. The Morgan fingerprint density at radius 3 is 2.53 bits per heavy atom. The Balaban J connectivity index is 2.52. The summed E-state index contributed by atoms with van der Waals surface area (Å²) in [7, 11) is 1.83. The highest BCUT2D eigenvalue weighted by molar-refractivity contribution is 5.74. The van der Waals surface area contributed by atoms with Crippen LogP contribution in [0.25, 0.3) is 0 Å². The van der Waals surface area contributed by atoms with Crippen molar-refractivity contribution in [1.82, 2.24) is 14.7 Å². The maximum atomic E-state index is 12.3. The van der Waals surface area contributed by atoms with Gasteiger partial charge in [-0.15, -0.1) is 0 Å². The lowest BCUT2D eigenvalue weighted by Gasteiger charge is -2.30. The van der Waals surface area contributed by atoms with Gasteiger partial charge in [-0.3, -0.25) is 9.69 Å². The standard InChI is InChI=1S/C13H25N3O3/c1-4-11(2)14(3)13(19)16-7-5-6-15(8-9-16)10-12(17)18/h11H,4-10H2,1-3H3,(H,17,18). The van der Waals surface area contributed by atoms with Crippen LogP contribution in [-0.4, -0.2) is 77.6 Å². The topological polar surface area (TPSA) is 64.1 Å². The number of amides is 2. The van der Waals surface area contributed by atoms with Crippen LogP contribution >= 0.6 is 0 Å². The van der Waals surface area contributed by atoms with E-state index >= 15 is 0 Å². The number of rotatable bonds is 4. The van der Waals surface area contributed by atoms with Crippen LogP contribution in [0, 0.1) is 0 Å². The molecule has 0 saturated carbocycles. The van der Waals surface area contributed by atoms with Crippen molar-refractivity contribution in [3.05, 3.63) is 0 Å². The van der Waals surface area contributed by atoms with Gasteiger partial charge in [0.05, 0.1) is 6.54 Å². The molecule has 6 heteroatoms. The molecule has 0 spiro atoms. The molecular weight excluding hydrogens is 246 g/mol. The van der Waals surface area contributed by atoms with Crippen LogP contribution in [0.1, 0.15) is 26.7 Å². The Labute approximate surface area is 115 Å². The average molecular weight is 271 g/mol. The van der Waals surface area contributed by atoms with E-state index in [4.69, 9.17) is 5.11 Å². The first-order valence-corrected chi connectivity index (χ1v) is 6.91. The number of urea groups is 1. The van der Waals surface area contributed by atoms with E-state index in [0.717, 1.165) is 19.4 Å². The molecule has 6 nitrogen and oxygen atoms in total. The molecule has 1 N–H and O–H groups in total. The van der Waals surface area contributed by atoms with Gasteiger partial charge in [0, 0.05) is 39.3 Å². The van der Waals surface area contributed by atoms with Gasteiger partial charge in [0.25, 0.3) is 0 Å². The summed E-state index contributed by atoms with van der Waals surface area (Å²) in [4.78, 5) is 28.5. The number of aliphatic carboxylic acids is 1. The predicted octanol–water partition coefficient (Wildman–Crippen LogP) is 0.929. The van der Waals surface area contributed by atoms with E-state index in [9.17, 15) is 9.59 Å². The molecule has 0 aromatic carbocycles. The fourth-order valence-corrected chi connectivity index (χ4v) is 2.20. The molecule has 1 fully saturated rings. The Kier molecular flexibility index (Phi) is 6.08. The van der Waals surface area contributed by atoms with Gasteiger partial charge in [-0.25, -0.2) is 4.79 Å². The monoisotopic (exact) mass is 271 g/mol. The summed E-state index contributed by atoms with van der Waals surface area (Å²) in [5.74, 6) is -0.809. The molecule has 1 aliphatic rings. The fourth-order valence-electron chi connectivity index (χ4n) is 2.20. The highest BCUT2D eigenvalue weighted by Crippen LogP contribution is 2.09. The summed E-state index contributed by atoms with van der Waals surface area (Å²) in [6, 6.07) is 0.275. The van der Waals surface area contributed by atoms with Gasteiger partial charge in [-0.1, -0.05) is 6.92 Å².